The summed E-state index contributed by atoms with van der Waals surface area (Å²) >= 11 is 2.00. The summed E-state index contributed by atoms with van der Waals surface area (Å²) in [6.07, 6.45) is 0. The molecule has 9 aromatic carbocycles. The largest absolute Gasteiger partial charge is 0.311 e. The Bertz CT molecular complexity index is 3560. The molecule has 2 aliphatic heterocycles. The first-order chi connectivity index (χ1) is 31.5. The highest BCUT2D eigenvalue weighted by Crippen LogP contribution is 2.64. The summed E-state index contributed by atoms with van der Waals surface area (Å²) in [4.78, 5) is 5.14. The van der Waals surface area contributed by atoms with E-state index in [9.17, 15) is 0 Å². The van der Waals surface area contributed by atoms with E-state index in [-0.39, 0.29) is 6.71 Å². The van der Waals surface area contributed by atoms with Crippen LogP contribution < -0.4 is 25.5 Å². The van der Waals surface area contributed by atoms with Crippen LogP contribution in [0, 0.1) is 20.8 Å². The van der Waals surface area contributed by atoms with Gasteiger partial charge in [-0.25, -0.2) is 0 Å². The minimum Gasteiger partial charge on any atom is -0.311 e. The van der Waals surface area contributed by atoms with Crippen LogP contribution in [0.5, 0.6) is 0 Å². The van der Waals surface area contributed by atoms with Gasteiger partial charge >= 0.3 is 0 Å². The van der Waals surface area contributed by atoms with E-state index >= 15 is 0 Å². The molecule has 0 saturated carbocycles. The highest BCUT2D eigenvalue weighted by molar-refractivity contribution is 7.33. The number of hydrogen-bond donors (Lipinski definition) is 0. The Hall–Kier alpha value is -7.40. The Labute approximate surface area is 378 Å². The van der Waals surface area contributed by atoms with Crippen molar-refractivity contribution >= 4 is 78.0 Å². The third kappa shape index (κ3) is 4.60. The molecule has 2 nitrogen and oxygen atoms in total. The van der Waals surface area contributed by atoms with E-state index in [1.165, 1.54) is 132 Å². The first-order valence-electron chi connectivity index (χ1n) is 22.5. The fraction of sp³-hybridized carbons (Fsp3) is 0.0667. The summed E-state index contributed by atoms with van der Waals surface area (Å²) in [7, 11) is 0. The summed E-state index contributed by atoms with van der Waals surface area (Å²) < 4.78 is 2.72. The zero-order chi connectivity index (χ0) is 42.4. The second kappa shape index (κ2) is 13.1. The standard InChI is InChI=1S/C60H41BN2S/c1-36-31-53-57-54(32-36)63(41-21-8-5-9-22-41)58-46-34-45-44-25-12-15-28-49(44)60(47-26-13-10-23-42(47)43-24-11-14-27-48(43)60)50(45)35-55(46)64-59(58)61(57)51-30-29-39(56-37(2)17-16-18-38(56)3)33-52(51)62(53)40-19-6-4-7-20-40/h4-35H,1-3H3. The van der Waals surface area contributed by atoms with Crippen molar-refractivity contribution in [2.24, 2.45) is 0 Å². The molecule has 64 heavy (non-hydrogen) atoms. The molecule has 4 aliphatic rings. The van der Waals surface area contributed by atoms with E-state index in [4.69, 9.17) is 0 Å². The van der Waals surface area contributed by atoms with Gasteiger partial charge in [-0.2, -0.15) is 0 Å². The molecule has 0 radical (unpaired) electrons. The van der Waals surface area contributed by atoms with Crippen molar-refractivity contribution in [3.8, 4) is 33.4 Å². The van der Waals surface area contributed by atoms with Gasteiger partial charge in [0, 0.05) is 43.3 Å². The van der Waals surface area contributed by atoms with E-state index in [0.717, 1.165) is 0 Å². The van der Waals surface area contributed by atoms with Gasteiger partial charge in [0.1, 0.15) is 0 Å². The van der Waals surface area contributed by atoms with Crippen LogP contribution >= 0.6 is 11.3 Å². The number of hydrogen-bond acceptors (Lipinski definition) is 3. The van der Waals surface area contributed by atoms with E-state index in [1.807, 2.05) is 11.3 Å². The zero-order valence-corrected chi connectivity index (χ0v) is 36.7. The van der Waals surface area contributed by atoms with Crippen molar-refractivity contribution in [2.45, 2.75) is 26.2 Å². The maximum absolute atomic E-state index is 2.60. The second-order valence-corrected chi connectivity index (χ2v) is 19.2. The second-order valence-electron chi connectivity index (χ2n) is 18.1. The van der Waals surface area contributed by atoms with Crippen LogP contribution in [0.2, 0.25) is 0 Å². The zero-order valence-electron chi connectivity index (χ0n) is 35.9. The number of rotatable bonds is 3. The van der Waals surface area contributed by atoms with E-state index in [0.29, 0.717) is 0 Å². The van der Waals surface area contributed by atoms with E-state index in [2.05, 4.69) is 225 Å². The molecule has 0 unspecified atom stereocenters. The van der Waals surface area contributed by atoms with Gasteiger partial charge in [-0.3, -0.25) is 0 Å². The van der Waals surface area contributed by atoms with Crippen LogP contribution in [0.3, 0.4) is 0 Å². The number of fused-ring (bicyclic) bond motifs is 16. The van der Waals surface area contributed by atoms with Crippen LogP contribution in [-0.4, -0.2) is 6.71 Å². The molecule has 14 rings (SSSR count). The Kier molecular flexibility index (Phi) is 7.38. The molecular formula is C60H41BN2S. The molecule has 0 bridgehead atoms. The van der Waals surface area contributed by atoms with E-state index < -0.39 is 5.41 Å². The molecule has 2 aliphatic carbocycles. The molecule has 0 fully saturated rings. The van der Waals surface area contributed by atoms with Crippen molar-refractivity contribution in [1.29, 1.82) is 0 Å². The Balaban J connectivity index is 1.10. The number of anilines is 6. The fourth-order valence-electron chi connectivity index (χ4n) is 12.3. The molecule has 1 aromatic heterocycles. The highest BCUT2D eigenvalue weighted by atomic mass is 32.1. The summed E-state index contributed by atoms with van der Waals surface area (Å²) in [6, 6.07) is 73.6. The molecule has 0 N–H and O–H groups in total. The van der Waals surface area contributed by atoms with Crippen molar-refractivity contribution in [1.82, 2.24) is 0 Å². The first kappa shape index (κ1) is 36.1. The predicted octanol–water partition coefficient (Wildman–Crippen LogP) is 13.9. The number of nitrogens with zero attached hydrogens (tertiary/aromatic N) is 2. The lowest BCUT2D eigenvalue weighted by Crippen LogP contribution is -2.60. The highest BCUT2D eigenvalue weighted by Gasteiger charge is 2.52. The monoisotopic (exact) mass is 832 g/mol. The summed E-state index contributed by atoms with van der Waals surface area (Å²) in [6.45, 7) is 6.78. The predicted molar refractivity (Wildman–Crippen MR) is 272 cm³/mol. The maximum Gasteiger partial charge on any atom is 0.264 e. The number of para-hydroxylation sites is 2. The van der Waals surface area contributed by atoms with Crippen molar-refractivity contribution in [3.05, 3.63) is 233 Å². The summed E-state index contributed by atoms with van der Waals surface area (Å²) in [5.41, 5.74) is 26.9. The van der Waals surface area contributed by atoms with Crippen molar-refractivity contribution < 1.29 is 0 Å². The maximum atomic E-state index is 2.60. The van der Waals surface area contributed by atoms with Gasteiger partial charge in [0.15, 0.2) is 0 Å². The lowest BCUT2D eigenvalue weighted by atomic mass is 9.36. The average molecular weight is 833 g/mol. The van der Waals surface area contributed by atoms with Gasteiger partial charge in [-0.15, -0.1) is 11.3 Å². The molecule has 4 heteroatoms. The third-order valence-corrected chi connectivity index (χ3v) is 15.9. The SMILES string of the molecule is Cc1cc2c3c(c1)N(c1ccccc1)c1c(sc4cc5c(cc14)-c1ccccc1C51c4ccccc4-c4ccccc41)B3c1ccc(-c3c(C)cccc3C)cc1N2c1ccccc1. The van der Waals surface area contributed by atoms with Crippen LogP contribution in [0.4, 0.5) is 34.1 Å². The Morgan fingerprint density at radius 1 is 0.453 bits per heavy atom. The molecule has 1 spiro atoms. The lowest BCUT2D eigenvalue weighted by molar-refractivity contribution is 0.795. The molecule has 0 amide bonds. The fourth-order valence-corrected chi connectivity index (χ4v) is 13.7. The molecule has 0 saturated heterocycles. The van der Waals surface area contributed by atoms with Gasteiger partial charge in [-0.1, -0.05) is 140 Å². The lowest BCUT2D eigenvalue weighted by Gasteiger charge is -2.43. The van der Waals surface area contributed by atoms with E-state index in [1.54, 1.807) is 0 Å². The average Bonchev–Trinajstić information content (AvgIpc) is 3.95. The number of aryl methyl sites for hydroxylation is 3. The summed E-state index contributed by atoms with van der Waals surface area (Å²) in [5.74, 6) is 0. The van der Waals surface area contributed by atoms with Crippen LogP contribution in [-0.2, 0) is 5.41 Å². The minimum absolute atomic E-state index is 0.0314. The van der Waals surface area contributed by atoms with Crippen LogP contribution in [0.1, 0.15) is 38.9 Å². The third-order valence-electron chi connectivity index (χ3n) is 14.7. The first-order valence-corrected chi connectivity index (χ1v) is 23.3. The summed E-state index contributed by atoms with van der Waals surface area (Å²) in [5, 5.41) is 1.31. The normalized spacial score (nSPS) is 14.2. The topological polar surface area (TPSA) is 6.48 Å². The smallest absolute Gasteiger partial charge is 0.264 e. The molecular weight excluding hydrogens is 792 g/mol. The molecule has 0 atom stereocenters. The van der Waals surface area contributed by atoms with Gasteiger partial charge in [0.05, 0.1) is 11.1 Å². The van der Waals surface area contributed by atoms with Crippen LogP contribution in [0.15, 0.2) is 194 Å². The molecule has 10 aromatic rings. The van der Waals surface area contributed by atoms with Crippen molar-refractivity contribution in [3.63, 3.8) is 0 Å². The van der Waals surface area contributed by atoms with Crippen LogP contribution in [0.25, 0.3) is 43.5 Å². The quantitative estimate of drug-likeness (QED) is 0.164. The van der Waals surface area contributed by atoms with Gasteiger partial charge in [-0.05, 0) is 159 Å². The Morgan fingerprint density at radius 3 is 1.62 bits per heavy atom. The van der Waals surface area contributed by atoms with Gasteiger partial charge < -0.3 is 9.80 Å². The van der Waals surface area contributed by atoms with Gasteiger partial charge in [0.2, 0.25) is 0 Å². The molecule has 300 valence electrons. The Morgan fingerprint density at radius 2 is 1.00 bits per heavy atom. The van der Waals surface area contributed by atoms with Gasteiger partial charge in [0.25, 0.3) is 6.71 Å². The number of benzene rings is 9. The van der Waals surface area contributed by atoms with Crippen molar-refractivity contribution in [2.75, 3.05) is 9.80 Å². The minimum atomic E-state index is -0.401. The molecule has 3 heterocycles. The number of thiophene rings is 1.